The van der Waals surface area contributed by atoms with Gasteiger partial charge in [0.15, 0.2) is 11.5 Å². The highest BCUT2D eigenvalue weighted by Crippen LogP contribution is 2.31. The summed E-state index contributed by atoms with van der Waals surface area (Å²) >= 11 is 0. The van der Waals surface area contributed by atoms with E-state index < -0.39 is 11.7 Å². The summed E-state index contributed by atoms with van der Waals surface area (Å²) in [5, 5.41) is 8.66. The van der Waals surface area contributed by atoms with E-state index in [9.17, 15) is 13.2 Å². The van der Waals surface area contributed by atoms with Gasteiger partial charge in [-0.05, 0) is 244 Å². The van der Waals surface area contributed by atoms with Crippen LogP contribution in [0.1, 0.15) is 351 Å². The van der Waals surface area contributed by atoms with Crippen LogP contribution >= 0.6 is 0 Å². The Morgan fingerprint density at radius 1 is 0.379 bits per heavy atom. The Morgan fingerprint density at radius 3 is 1.30 bits per heavy atom. The highest BCUT2D eigenvalue weighted by atomic mass is 19.4. The number of para-hydroxylation sites is 1. The van der Waals surface area contributed by atoms with Gasteiger partial charge in [-0.3, -0.25) is 34.9 Å². The molecule has 0 saturated heterocycles. The van der Waals surface area contributed by atoms with Crippen LogP contribution in [0.25, 0.3) is 11.1 Å². The fraction of sp³-hybridized carbons (Fsp3) is 0.485. The van der Waals surface area contributed by atoms with E-state index in [1.54, 1.807) is 32.8 Å². The Kier molecular flexibility index (Phi) is 48.8. The molecule has 0 spiro atoms. The smallest absolute Gasteiger partial charge is 0.417 e. The van der Waals surface area contributed by atoms with Crippen LogP contribution in [0, 0.1) is 39.0 Å². The number of hydrogen-bond acceptors (Lipinski definition) is 18. The number of hydrogen-bond donors (Lipinski definition) is 0. The molecule has 11 rings (SSSR count). The van der Waals surface area contributed by atoms with Crippen LogP contribution in [0.4, 0.5) is 13.2 Å². The number of fused-ring (bicyclic) bond motifs is 1. The van der Waals surface area contributed by atoms with Gasteiger partial charge in [0.2, 0.25) is 11.8 Å². The highest BCUT2D eigenvalue weighted by Gasteiger charge is 2.31. The molecule has 21 heteroatoms. The highest BCUT2D eigenvalue weighted by molar-refractivity contribution is 5.76. The Labute approximate surface area is 742 Å². The van der Waals surface area contributed by atoms with E-state index in [0.29, 0.717) is 76.3 Å². The average molecular weight is 1710 g/mol. The monoisotopic (exact) mass is 1710 g/mol. The summed E-state index contributed by atoms with van der Waals surface area (Å²) in [5.74, 6) is 10.1. The molecule has 0 amide bonds. The number of benzene rings is 1. The molecule has 0 fully saturated rings. The van der Waals surface area contributed by atoms with Crippen LogP contribution in [-0.4, -0.2) is 88.0 Å². The van der Waals surface area contributed by atoms with Crippen molar-refractivity contribution in [3.8, 4) is 40.8 Å². The van der Waals surface area contributed by atoms with E-state index >= 15 is 0 Å². The summed E-state index contributed by atoms with van der Waals surface area (Å²) in [6.45, 7) is 68.2. The van der Waals surface area contributed by atoms with Gasteiger partial charge in [0.05, 0.1) is 67.4 Å². The summed E-state index contributed by atoms with van der Waals surface area (Å²) in [6.07, 6.45) is 6.27. The molecule has 11 aromatic rings. The van der Waals surface area contributed by atoms with E-state index in [1.165, 1.54) is 28.5 Å². The Morgan fingerprint density at radius 2 is 0.887 bits per heavy atom. The van der Waals surface area contributed by atoms with Crippen LogP contribution < -0.4 is 28.4 Å². The van der Waals surface area contributed by atoms with Gasteiger partial charge in [-0.2, -0.15) is 18.4 Å². The van der Waals surface area contributed by atoms with Gasteiger partial charge in [0, 0.05) is 95.5 Å². The maximum Gasteiger partial charge on any atom is 0.417 e. The molecule has 0 radical (unpaired) electrons. The van der Waals surface area contributed by atoms with E-state index in [1.807, 2.05) is 212 Å². The maximum absolute atomic E-state index is 12.1. The second kappa shape index (κ2) is 55.4. The van der Waals surface area contributed by atoms with Crippen LogP contribution in [0.5, 0.6) is 34.8 Å². The lowest BCUT2D eigenvalue weighted by molar-refractivity contribution is -0.137. The number of halogens is 3. The SMILES string of the molecule is CC(C)Oc1ccc(C(C)C)cn1.CC(C)Oc1ccc(C(C)C)nc1.CC(C)c1ccc(C(F)(F)F)cn1.CC(C)c1ccc(OC(C)(C)C)cn1.COc1cccc(C(C)C)n1.COc1ccnc(C(C)C)c1.Cc1cccnc1C(C)C.Cc1nc(C(C)C)ccc1C#N.Cc1nc(C(C)C)ccc1OC(C)C.Cc1nc2cccc(C(C)C)c2o1. The topological polar surface area (TPSA) is 221 Å². The van der Waals surface area contributed by atoms with Crippen LogP contribution in [0.3, 0.4) is 0 Å². The first-order chi connectivity index (χ1) is 58.0. The molecular formula is C103H146F3N11O7. The fourth-order valence-electron chi connectivity index (χ4n) is 10.8. The molecule has 18 nitrogen and oxygen atoms in total. The van der Waals surface area contributed by atoms with Gasteiger partial charge in [0.25, 0.3) is 0 Å². The summed E-state index contributed by atoms with van der Waals surface area (Å²) in [4.78, 5) is 42.5. The molecule has 0 N–H and O–H groups in total. The average Bonchev–Trinajstić information content (AvgIpc) is 1.66. The lowest BCUT2D eigenvalue weighted by atomic mass is 10.0. The first-order valence-electron chi connectivity index (χ1n) is 43.2. The van der Waals surface area contributed by atoms with E-state index in [2.05, 4.69) is 206 Å². The number of pyridine rings is 9. The van der Waals surface area contributed by atoms with Gasteiger partial charge in [-0.1, -0.05) is 169 Å². The predicted molar refractivity (Wildman–Crippen MR) is 502 cm³/mol. The first-order valence-corrected chi connectivity index (χ1v) is 43.2. The number of alkyl halides is 3. The maximum atomic E-state index is 12.1. The lowest BCUT2D eigenvalue weighted by Crippen LogP contribution is -2.23. The number of ether oxygens (including phenoxy) is 6. The van der Waals surface area contributed by atoms with Gasteiger partial charge in [-0.15, -0.1) is 0 Å². The van der Waals surface area contributed by atoms with Crippen molar-refractivity contribution in [3.63, 3.8) is 0 Å². The molecular weight excluding hydrogens is 1560 g/mol. The van der Waals surface area contributed by atoms with Gasteiger partial charge in [0.1, 0.15) is 40.2 Å². The van der Waals surface area contributed by atoms with Gasteiger partial charge >= 0.3 is 6.18 Å². The van der Waals surface area contributed by atoms with Crippen molar-refractivity contribution in [1.29, 1.82) is 5.26 Å². The summed E-state index contributed by atoms with van der Waals surface area (Å²) in [5.41, 5.74) is 15.7. The number of nitrogens with zero attached hydrogens (tertiary/aromatic N) is 11. The Balaban J connectivity index is 0.000000467. The number of rotatable bonds is 19. The standard InChI is InChI=1S/2C12H19NO.C11H13NO.2C11H17NO.C10H12N2.C9H10F3N.2C9H13NO.C9H13N/c1-9(2)11-7-6-10(8-13-11)14-12(3,4)5;1-8(2)11-6-7-12(10(5)13-11)14-9(3)4;1-7(2)9-5-4-6-10-11(9)13-8(3)12-10;1-8(2)11-6-5-10(7-12-11)13-9(3)4;1-8(2)10-5-6-11(12-7-10)13-9(3)4;1-7(2)10-5-4-9(6-11)8(3)12-10;1-6(2)8-4-3-7(5-13-8)9(10,11)12;1-7(2)9-6-8(11-3)4-5-10-9;1-7(2)8-5-4-6-9(10-8)11-3;1-7(2)9-8(3)5-4-6-10-9/h2*6-9H,1-5H3;4-7H,1-3H3;2*5-9H,1-4H3;4-5,7H,1-3H3;3-6H,1-2H3;2*4-7H,1-3H3;4-7H,1-3H3. The largest absolute Gasteiger partial charge is 0.497 e. The molecule has 124 heavy (non-hydrogen) atoms. The molecule has 0 aliphatic rings. The molecule has 0 aliphatic heterocycles. The number of nitriles is 1. The van der Waals surface area contributed by atoms with Crippen LogP contribution in [0.2, 0.25) is 0 Å². The molecule has 0 bridgehead atoms. The quantitative estimate of drug-likeness (QED) is 0.0734. The van der Waals surface area contributed by atoms with Crippen molar-refractivity contribution in [2.75, 3.05) is 14.2 Å². The number of methoxy groups -OCH3 is 2. The Hall–Kier alpha value is -10.9. The summed E-state index contributed by atoms with van der Waals surface area (Å²) < 4.78 is 74.1. The van der Waals surface area contributed by atoms with Crippen molar-refractivity contribution in [1.82, 2.24) is 49.8 Å². The third-order valence-electron chi connectivity index (χ3n) is 17.7. The third kappa shape index (κ3) is 43.0. The minimum absolute atomic E-state index is 0.152. The minimum Gasteiger partial charge on any atom is -0.497 e. The molecule has 10 heterocycles. The molecule has 0 atom stereocenters. The molecule has 676 valence electrons. The Bertz CT molecular complexity index is 4710. The minimum atomic E-state index is -4.29. The molecule has 0 aliphatic carbocycles. The van der Waals surface area contributed by atoms with Crippen molar-refractivity contribution >= 4 is 11.1 Å². The molecule has 1 aromatic carbocycles. The third-order valence-corrected chi connectivity index (χ3v) is 17.7. The number of aromatic nitrogens is 10. The zero-order valence-corrected chi connectivity index (χ0v) is 81.1. The van der Waals surface area contributed by atoms with Gasteiger partial charge < -0.3 is 32.8 Å². The molecule has 10 aromatic heterocycles. The second-order valence-electron chi connectivity index (χ2n) is 34.7. The van der Waals surface area contributed by atoms with E-state index in [4.69, 9.17) is 38.1 Å². The van der Waals surface area contributed by atoms with Gasteiger partial charge in [-0.25, -0.2) is 15.0 Å². The number of oxazole rings is 1. The van der Waals surface area contributed by atoms with E-state index in [-0.39, 0.29) is 29.8 Å². The zero-order valence-electron chi connectivity index (χ0n) is 81.1. The predicted octanol–water partition coefficient (Wildman–Crippen LogP) is 28.5. The normalized spacial score (nSPS) is 11.0. The summed E-state index contributed by atoms with van der Waals surface area (Å²) in [7, 11) is 3.30. The number of aryl methyl sites for hydroxylation is 4. The van der Waals surface area contributed by atoms with Crippen molar-refractivity contribution in [2.45, 2.75) is 318 Å². The fourth-order valence-corrected chi connectivity index (χ4v) is 10.8. The lowest BCUT2D eigenvalue weighted by Gasteiger charge is -2.21. The first kappa shape index (κ1) is 109. The molecule has 0 unspecified atom stereocenters. The van der Waals surface area contributed by atoms with Crippen molar-refractivity contribution < 1.29 is 46.0 Å². The van der Waals surface area contributed by atoms with E-state index in [0.717, 1.165) is 97.8 Å². The van der Waals surface area contributed by atoms with Crippen molar-refractivity contribution in [2.24, 2.45) is 0 Å². The second-order valence-corrected chi connectivity index (χ2v) is 34.7. The zero-order chi connectivity index (χ0) is 93.9. The van der Waals surface area contributed by atoms with Crippen LogP contribution in [-0.2, 0) is 6.18 Å². The van der Waals surface area contributed by atoms with Crippen molar-refractivity contribution in [3.05, 3.63) is 261 Å². The van der Waals surface area contributed by atoms with Crippen LogP contribution in [0.15, 0.2) is 175 Å². The summed E-state index contributed by atoms with van der Waals surface area (Å²) in [6, 6.07) is 44.2. The molecule has 0 saturated carbocycles.